The summed E-state index contributed by atoms with van der Waals surface area (Å²) < 4.78 is 17.9. The third-order valence-electron chi connectivity index (χ3n) is 8.98. The Balaban J connectivity index is 1.21. The SMILES string of the molecule is C=CCOc1ccc2ccccc2c1-c1c(OCC(=O)N[C@H](CCC[NH+]=C(N)N)C(=O)Nc2cccc(C(=O)OCc3ccccc3)c2)ccc2ccccc12. The van der Waals surface area contributed by atoms with Gasteiger partial charge in [-0.05, 0) is 70.3 Å². The molecule has 6 rings (SSSR count). The fraction of sp³-hybridized carbons (Fsp3) is 0.156. The maximum Gasteiger partial charge on any atom is 0.338 e. The Morgan fingerprint density at radius 2 is 1.39 bits per heavy atom. The van der Waals surface area contributed by atoms with E-state index in [2.05, 4.69) is 22.2 Å². The van der Waals surface area contributed by atoms with Crippen LogP contribution in [0.2, 0.25) is 0 Å². The van der Waals surface area contributed by atoms with Crippen molar-refractivity contribution in [3.05, 3.63) is 151 Å². The molecule has 0 radical (unpaired) electrons. The average molecular weight is 751 g/mol. The molecule has 7 N–H and O–H groups in total. The van der Waals surface area contributed by atoms with Crippen LogP contribution >= 0.6 is 0 Å². The highest BCUT2D eigenvalue weighted by Gasteiger charge is 2.23. The van der Waals surface area contributed by atoms with Crippen molar-refractivity contribution in [2.75, 3.05) is 25.1 Å². The monoisotopic (exact) mass is 750 g/mol. The molecule has 11 heteroatoms. The molecule has 284 valence electrons. The highest BCUT2D eigenvalue weighted by atomic mass is 16.5. The molecule has 0 aliphatic rings. The van der Waals surface area contributed by atoms with Gasteiger partial charge in [0, 0.05) is 16.8 Å². The van der Waals surface area contributed by atoms with Crippen molar-refractivity contribution in [3.8, 4) is 22.6 Å². The van der Waals surface area contributed by atoms with Crippen LogP contribution in [0.15, 0.2) is 140 Å². The molecular formula is C45H44N5O6+. The Hall–Kier alpha value is -7.14. The fourth-order valence-electron chi connectivity index (χ4n) is 6.35. The van der Waals surface area contributed by atoms with Gasteiger partial charge in [-0.1, -0.05) is 110 Å². The van der Waals surface area contributed by atoms with Gasteiger partial charge in [0.2, 0.25) is 5.91 Å². The lowest BCUT2D eigenvalue weighted by atomic mass is 9.92. The maximum atomic E-state index is 13.7. The van der Waals surface area contributed by atoms with Gasteiger partial charge >= 0.3 is 11.9 Å². The predicted molar refractivity (Wildman–Crippen MR) is 219 cm³/mol. The number of nitrogens with one attached hydrogen (secondary N) is 3. The van der Waals surface area contributed by atoms with Gasteiger partial charge in [-0.3, -0.25) is 26.0 Å². The van der Waals surface area contributed by atoms with Crippen LogP contribution in [0.25, 0.3) is 32.7 Å². The number of nitrogens with two attached hydrogens (primary N) is 2. The second-order valence-electron chi connectivity index (χ2n) is 13.0. The molecule has 0 fully saturated rings. The van der Waals surface area contributed by atoms with Crippen molar-refractivity contribution in [3.63, 3.8) is 0 Å². The summed E-state index contributed by atoms with van der Waals surface area (Å²) in [6.07, 6.45) is 2.39. The number of ether oxygens (including phenoxy) is 3. The minimum Gasteiger partial charge on any atom is -0.489 e. The lowest BCUT2D eigenvalue weighted by Gasteiger charge is -2.21. The molecule has 0 bridgehead atoms. The topological polar surface area (TPSA) is 169 Å². The van der Waals surface area contributed by atoms with E-state index in [0.717, 1.165) is 38.2 Å². The number of rotatable bonds is 17. The van der Waals surface area contributed by atoms with E-state index < -0.39 is 23.8 Å². The maximum absolute atomic E-state index is 13.7. The van der Waals surface area contributed by atoms with Gasteiger partial charge in [0.15, 0.2) is 6.61 Å². The van der Waals surface area contributed by atoms with Gasteiger partial charge < -0.3 is 24.8 Å². The van der Waals surface area contributed by atoms with Gasteiger partial charge in [0.05, 0.1) is 12.1 Å². The number of guanidine groups is 1. The van der Waals surface area contributed by atoms with E-state index in [1.165, 1.54) is 6.07 Å². The summed E-state index contributed by atoms with van der Waals surface area (Å²) in [7, 11) is 0. The Morgan fingerprint density at radius 3 is 2.05 bits per heavy atom. The average Bonchev–Trinajstić information content (AvgIpc) is 3.22. The number of hydrogen-bond donors (Lipinski definition) is 5. The molecule has 0 aliphatic carbocycles. The fourth-order valence-corrected chi connectivity index (χ4v) is 6.35. The molecule has 6 aromatic rings. The Labute approximate surface area is 325 Å². The molecule has 0 saturated heterocycles. The van der Waals surface area contributed by atoms with E-state index in [1.807, 2.05) is 103 Å². The molecule has 2 amide bonds. The van der Waals surface area contributed by atoms with Crippen LogP contribution in [0.5, 0.6) is 11.5 Å². The molecule has 0 aromatic heterocycles. The van der Waals surface area contributed by atoms with Crippen LogP contribution < -0.4 is 36.6 Å². The zero-order valence-corrected chi connectivity index (χ0v) is 30.8. The van der Waals surface area contributed by atoms with Crippen LogP contribution in [0.3, 0.4) is 0 Å². The standard InChI is InChI=1S/C45H43N5O6/c1-2-26-54-38-23-21-31-14-6-8-18-35(31)41(38)42-36-19-9-7-15-32(36)22-24-39(42)55-29-40(51)50-37(20-11-25-48-45(46)47)43(52)49-34-17-10-16-33(27-34)44(53)56-28-30-12-4-3-5-13-30/h2-10,12-19,21-24,27,37H,1,11,20,25-26,28-29H2,(H,49,52)(H,50,51)(H4,46,47,48)/p+1/t37-/m1/s1. The van der Waals surface area contributed by atoms with Crippen LogP contribution in [-0.4, -0.2) is 49.5 Å². The number of carbonyl (C=O) groups excluding carboxylic acids is 3. The van der Waals surface area contributed by atoms with E-state index in [1.54, 1.807) is 24.3 Å². The summed E-state index contributed by atoms with van der Waals surface area (Å²) in [5, 5.41) is 9.53. The zero-order valence-electron chi connectivity index (χ0n) is 30.8. The first-order chi connectivity index (χ1) is 27.3. The van der Waals surface area contributed by atoms with E-state index in [-0.39, 0.29) is 31.2 Å². The number of anilines is 1. The van der Waals surface area contributed by atoms with Crippen molar-refractivity contribution < 1.29 is 33.6 Å². The van der Waals surface area contributed by atoms with Crippen molar-refractivity contribution >= 4 is 51.0 Å². The van der Waals surface area contributed by atoms with E-state index >= 15 is 0 Å². The molecule has 1 atom stereocenters. The minimum atomic E-state index is -0.964. The quantitative estimate of drug-likeness (QED) is 0.0278. The molecule has 11 nitrogen and oxygen atoms in total. The molecule has 6 aromatic carbocycles. The summed E-state index contributed by atoms with van der Waals surface area (Å²) in [5.74, 6) is -0.373. The number of amides is 2. The molecular weight excluding hydrogens is 707 g/mol. The number of carbonyl (C=O) groups is 3. The summed E-state index contributed by atoms with van der Waals surface area (Å²) in [4.78, 5) is 43.0. The van der Waals surface area contributed by atoms with Crippen molar-refractivity contribution in [2.45, 2.75) is 25.5 Å². The second-order valence-corrected chi connectivity index (χ2v) is 13.0. The van der Waals surface area contributed by atoms with E-state index in [4.69, 9.17) is 25.7 Å². The molecule has 0 spiro atoms. The molecule has 56 heavy (non-hydrogen) atoms. The van der Waals surface area contributed by atoms with Gasteiger partial charge in [-0.25, -0.2) is 4.79 Å². The smallest absolute Gasteiger partial charge is 0.338 e. The van der Waals surface area contributed by atoms with Crippen LogP contribution in [0, 0.1) is 0 Å². The lowest BCUT2D eigenvalue weighted by molar-refractivity contribution is -0.459. The number of esters is 1. The van der Waals surface area contributed by atoms with Crippen LogP contribution in [-0.2, 0) is 20.9 Å². The molecule has 0 unspecified atom stereocenters. The first-order valence-corrected chi connectivity index (χ1v) is 18.2. The minimum absolute atomic E-state index is 0.0508. The van der Waals surface area contributed by atoms with Gasteiger partial charge in [-0.15, -0.1) is 0 Å². The van der Waals surface area contributed by atoms with Crippen molar-refractivity contribution in [1.29, 1.82) is 0 Å². The second kappa shape index (κ2) is 18.8. The van der Waals surface area contributed by atoms with Crippen molar-refractivity contribution in [1.82, 2.24) is 5.32 Å². The van der Waals surface area contributed by atoms with E-state index in [0.29, 0.717) is 36.8 Å². The molecule has 0 aliphatic heterocycles. The lowest BCUT2D eigenvalue weighted by Crippen LogP contribution is -2.78. The van der Waals surface area contributed by atoms with Crippen LogP contribution in [0.4, 0.5) is 5.69 Å². The zero-order chi connectivity index (χ0) is 39.3. The summed E-state index contributed by atoms with van der Waals surface area (Å²) >= 11 is 0. The Kier molecular flexibility index (Phi) is 12.9. The third-order valence-corrected chi connectivity index (χ3v) is 8.98. The van der Waals surface area contributed by atoms with Crippen molar-refractivity contribution in [2.24, 2.45) is 11.5 Å². The largest absolute Gasteiger partial charge is 0.489 e. The third kappa shape index (κ3) is 9.88. The summed E-state index contributed by atoms with van der Waals surface area (Å²) in [6, 6.07) is 38.5. The highest BCUT2D eigenvalue weighted by Crippen LogP contribution is 2.45. The van der Waals surface area contributed by atoms with Crippen LogP contribution in [0.1, 0.15) is 28.8 Å². The van der Waals surface area contributed by atoms with Gasteiger partial charge in [0.25, 0.3) is 5.91 Å². The predicted octanol–water partition coefficient (Wildman–Crippen LogP) is 5.22. The Morgan fingerprint density at radius 1 is 0.750 bits per heavy atom. The first kappa shape index (κ1) is 38.6. The number of benzene rings is 6. The highest BCUT2D eigenvalue weighted by molar-refractivity contribution is 6.10. The summed E-state index contributed by atoms with van der Waals surface area (Å²) in [6.45, 7) is 4.22. The normalized spacial score (nSPS) is 11.3. The number of hydrogen-bond acceptors (Lipinski definition) is 6. The van der Waals surface area contributed by atoms with Gasteiger partial charge in [-0.2, -0.15) is 0 Å². The number of fused-ring (bicyclic) bond motifs is 2. The van der Waals surface area contributed by atoms with Gasteiger partial charge in [0.1, 0.15) is 30.8 Å². The Bertz CT molecular complexity index is 2370. The summed E-state index contributed by atoms with van der Waals surface area (Å²) in [5.41, 5.74) is 14.2. The molecule has 0 heterocycles. The first-order valence-electron chi connectivity index (χ1n) is 18.2. The van der Waals surface area contributed by atoms with E-state index in [9.17, 15) is 14.4 Å². The molecule has 0 saturated carbocycles.